The lowest BCUT2D eigenvalue weighted by atomic mass is 10.0. The highest BCUT2D eigenvalue weighted by Gasteiger charge is 2.15. The summed E-state index contributed by atoms with van der Waals surface area (Å²) in [5.41, 5.74) is 4.86. The Bertz CT molecular complexity index is 1220. The lowest BCUT2D eigenvalue weighted by molar-refractivity contribution is -0.122. The molecule has 33 heavy (non-hydrogen) atoms. The number of nitrogens with zero attached hydrogens (tertiary/aromatic N) is 1. The smallest absolute Gasteiger partial charge is 0.265 e. The molecule has 0 fully saturated rings. The molecule has 1 unspecified atom stereocenters. The Labute approximate surface area is 203 Å². The zero-order chi connectivity index (χ0) is 23.4. The maximum atomic E-state index is 12.6. The van der Waals surface area contributed by atoms with Gasteiger partial charge in [0, 0.05) is 27.2 Å². The monoisotopic (exact) mass is 476 g/mol. The second-order valence-corrected chi connectivity index (χ2v) is 9.39. The van der Waals surface area contributed by atoms with Crippen molar-refractivity contribution in [3.63, 3.8) is 0 Å². The van der Waals surface area contributed by atoms with Crippen molar-refractivity contribution in [2.45, 2.75) is 32.8 Å². The number of anilines is 1. The van der Waals surface area contributed by atoms with Crippen LogP contribution in [0.3, 0.4) is 0 Å². The highest BCUT2D eigenvalue weighted by atomic mass is 35.5. The van der Waals surface area contributed by atoms with Gasteiger partial charge in [-0.3, -0.25) is 4.79 Å². The molecule has 4 aromatic rings. The van der Waals surface area contributed by atoms with E-state index in [1.807, 2.05) is 78.2 Å². The Morgan fingerprint density at radius 2 is 1.55 bits per heavy atom. The molecule has 0 aliphatic carbocycles. The van der Waals surface area contributed by atoms with Gasteiger partial charge in [0.05, 0.1) is 5.69 Å². The maximum Gasteiger partial charge on any atom is 0.265 e. The fraction of sp³-hybridized carbons (Fsp3) is 0.185. The molecule has 1 aromatic heterocycles. The van der Waals surface area contributed by atoms with Gasteiger partial charge < -0.3 is 10.1 Å². The summed E-state index contributed by atoms with van der Waals surface area (Å²) < 4.78 is 5.80. The number of hydrogen-bond acceptors (Lipinski definition) is 4. The minimum atomic E-state index is -0.616. The summed E-state index contributed by atoms with van der Waals surface area (Å²) >= 11 is 7.56. The lowest BCUT2D eigenvalue weighted by Crippen LogP contribution is -2.30. The SMILES string of the molecule is CC(Oc1ccc(C(C)C)cc1)C(=O)Nc1ccc(-c2csc(-c3ccc(Cl)cc3)n2)cc1. The highest BCUT2D eigenvalue weighted by molar-refractivity contribution is 7.13. The molecule has 168 valence electrons. The predicted molar refractivity (Wildman–Crippen MR) is 137 cm³/mol. The predicted octanol–water partition coefficient (Wildman–Crippen LogP) is 7.66. The fourth-order valence-corrected chi connectivity index (χ4v) is 4.25. The number of nitrogens with one attached hydrogen (secondary N) is 1. The number of halogens is 1. The molecule has 0 saturated heterocycles. The van der Waals surface area contributed by atoms with Crippen LogP contribution in [0.5, 0.6) is 5.75 Å². The van der Waals surface area contributed by atoms with Gasteiger partial charge >= 0.3 is 0 Å². The molecule has 4 nitrogen and oxygen atoms in total. The molecular weight excluding hydrogens is 452 g/mol. The number of carbonyl (C=O) groups is 1. The van der Waals surface area contributed by atoms with E-state index in [0.717, 1.165) is 21.8 Å². The topological polar surface area (TPSA) is 51.2 Å². The van der Waals surface area contributed by atoms with Gasteiger partial charge in [0.25, 0.3) is 5.91 Å². The molecule has 0 spiro atoms. The van der Waals surface area contributed by atoms with Crippen molar-refractivity contribution in [2.24, 2.45) is 0 Å². The van der Waals surface area contributed by atoms with Gasteiger partial charge in [-0.1, -0.05) is 61.8 Å². The van der Waals surface area contributed by atoms with Crippen molar-refractivity contribution in [3.05, 3.63) is 88.8 Å². The van der Waals surface area contributed by atoms with E-state index in [2.05, 4.69) is 19.2 Å². The molecular formula is C27H25ClN2O2S. The quantitative estimate of drug-likeness (QED) is 0.298. The average molecular weight is 477 g/mol. The van der Waals surface area contributed by atoms with Gasteiger partial charge in [0.1, 0.15) is 10.8 Å². The molecule has 4 rings (SSSR count). The van der Waals surface area contributed by atoms with Crippen LogP contribution in [0.2, 0.25) is 5.02 Å². The number of rotatable bonds is 7. The third kappa shape index (κ3) is 5.81. The molecule has 1 amide bonds. The van der Waals surface area contributed by atoms with Crippen LogP contribution in [0.25, 0.3) is 21.8 Å². The lowest BCUT2D eigenvalue weighted by Gasteiger charge is -2.15. The Hall–Kier alpha value is -3.15. The first-order valence-corrected chi connectivity index (χ1v) is 12.0. The second kappa shape index (κ2) is 10.2. The first kappa shape index (κ1) is 23.0. The number of ether oxygens (including phenoxy) is 1. The van der Waals surface area contributed by atoms with Crippen LogP contribution in [0.1, 0.15) is 32.3 Å². The van der Waals surface area contributed by atoms with Gasteiger partial charge in [0.2, 0.25) is 0 Å². The number of hydrogen-bond donors (Lipinski definition) is 1. The van der Waals surface area contributed by atoms with Crippen LogP contribution >= 0.6 is 22.9 Å². The second-order valence-electron chi connectivity index (χ2n) is 8.10. The molecule has 0 bridgehead atoms. The molecule has 0 aliphatic heterocycles. The van der Waals surface area contributed by atoms with Gasteiger partial charge in [-0.2, -0.15) is 0 Å². The number of carbonyl (C=O) groups excluding carboxylic acids is 1. The Kier molecular flexibility index (Phi) is 7.11. The van der Waals surface area contributed by atoms with Crippen LogP contribution < -0.4 is 10.1 Å². The van der Waals surface area contributed by atoms with Crippen LogP contribution in [0.4, 0.5) is 5.69 Å². The van der Waals surface area contributed by atoms with E-state index >= 15 is 0 Å². The molecule has 3 aromatic carbocycles. The fourth-order valence-electron chi connectivity index (χ4n) is 3.29. The largest absolute Gasteiger partial charge is 0.481 e. The van der Waals surface area contributed by atoms with E-state index in [1.165, 1.54) is 5.56 Å². The van der Waals surface area contributed by atoms with Gasteiger partial charge in [-0.15, -0.1) is 11.3 Å². The maximum absolute atomic E-state index is 12.6. The number of thiazole rings is 1. The van der Waals surface area contributed by atoms with Crippen molar-refractivity contribution < 1.29 is 9.53 Å². The van der Waals surface area contributed by atoms with Crippen molar-refractivity contribution in [3.8, 4) is 27.6 Å². The van der Waals surface area contributed by atoms with E-state index in [1.54, 1.807) is 18.3 Å². The molecule has 1 atom stereocenters. The zero-order valence-electron chi connectivity index (χ0n) is 18.7. The van der Waals surface area contributed by atoms with E-state index in [4.69, 9.17) is 21.3 Å². The minimum absolute atomic E-state index is 0.200. The van der Waals surface area contributed by atoms with Crippen molar-refractivity contribution >= 4 is 34.5 Å². The van der Waals surface area contributed by atoms with Crippen molar-refractivity contribution in [1.82, 2.24) is 4.98 Å². The summed E-state index contributed by atoms with van der Waals surface area (Å²) in [6, 6.07) is 23.2. The Morgan fingerprint density at radius 3 is 2.18 bits per heavy atom. The van der Waals surface area contributed by atoms with Crippen LogP contribution in [0, 0.1) is 0 Å². The molecule has 6 heteroatoms. The molecule has 1 N–H and O–H groups in total. The first-order chi connectivity index (χ1) is 15.9. The van der Waals surface area contributed by atoms with E-state index in [0.29, 0.717) is 22.4 Å². The highest BCUT2D eigenvalue weighted by Crippen LogP contribution is 2.30. The molecule has 0 radical (unpaired) electrons. The summed E-state index contributed by atoms with van der Waals surface area (Å²) in [4.78, 5) is 17.3. The minimum Gasteiger partial charge on any atom is -0.481 e. The summed E-state index contributed by atoms with van der Waals surface area (Å²) in [5.74, 6) is 0.933. The van der Waals surface area contributed by atoms with Crippen molar-refractivity contribution in [1.29, 1.82) is 0 Å². The zero-order valence-corrected chi connectivity index (χ0v) is 20.3. The third-order valence-electron chi connectivity index (χ3n) is 5.27. The summed E-state index contributed by atoms with van der Waals surface area (Å²) in [7, 11) is 0. The van der Waals surface area contributed by atoms with E-state index in [9.17, 15) is 4.79 Å². The number of amides is 1. The van der Waals surface area contributed by atoms with Crippen LogP contribution in [-0.2, 0) is 4.79 Å². The van der Waals surface area contributed by atoms with Crippen LogP contribution in [0.15, 0.2) is 78.2 Å². The Morgan fingerprint density at radius 1 is 0.909 bits per heavy atom. The van der Waals surface area contributed by atoms with Gasteiger partial charge in [-0.25, -0.2) is 4.98 Å². The van der Waals surface area contributed by atoms with Crippen LogP contribution in [-0.4, -0.2) is 17.0 Å². The first-order valence-electron chi connectivity index (χ1n) is 10.8. The third-order valence-corrected chi connectivity index (χ3v) is 6.42. The molecule has 0 saturated carbocycles. The van der Waals surface area contributed by atoms with E-state index in [-0.39, 0.29) is 5.91 Å². The van der Waals surface area contributed by atoms with Crippen molar-refractivity contribution in [2.75, 3.05) is 5.32 Å². The summed E-state index contributed by atoms with van der Waals surface area (Å²) in [6.45, 7) is 6.03. The normalized spacial score (nSPS) is 11.9. The Balaban J connectivity index is 1.37. The van der Waals surface area contributed by atoms with Gasteiger partial charge in [0.15, 0.2) is 6.10 Å². The number of benzene rings is 3. The van der Waals surface area contributed by atoms with E-state index < -0.39 is 6.10 Å². The average Bonchev–Trinajstić information content (AvgIpc) is 3.30. The van der Waals surface area contributed by atoms with Gasteiger partial charge in [-0.05, 0) is 54.8 Å². The molecule has 0 aliphatic rings. The summed E-state index contributed by atoms with van der Waals surface area (Å²) in [5, 5.41) is 6.58. The summed E-state index contributed by atoms with van der Waals surface area (Å²) in [6.07, 6.45) is -0.616. The number of aromatic nitrogens is 1. The standard InChI is InChI=1S/C27H25ClN2O2S/c1-17(2)19-8-14-24(15-9-19)32-18(3)26(31)29-23-12-6-20(7-13-23)25-16-33-27(30-25)21-4-10-22(28)11-5-21/h4-18H,1-3H3,(H,29,31). The molecule has 1 heterocycles.